The summed E-state index contributed by atoms with van der Waals surface area (Å²) in [6.45, 7) is 36.2. The van der Waals surface area contributed by atoms with E-state index in [9.17, 15) is 30.6 Å². The summed E-state index contributed by atoms with van der Waals surface area (Å²) in [6, 6.07) is 24.2. The van der Waals surface area contributed by atoms with E-state index in [0.29, 0.717) is 0 Å². The first-order valence-electron chi connectivity index (χ1n) is 29.1. The molecule has 6 N–H and O–H groups in total. The molecule has 12 unspecified atom stereocenters. The largest absolute Gasteiger partial charge is 1.00 e. The van der Waals surface area contributed by atoms with E-state index in [1.165, 1.54) is 0 Å². The Labute approximate surface area is 544 Å². The number of hydrogen-bond donors (Lipinski definition) is 6. The van der Waals surface area contributed by atoms with E-state index >= 15 is 0 Å². The van der Waals surface area contributed by atoms with Crippen LogP contribution in [0, 0.1) is 34.5 Å². The molecule has 12 atom stereocenters. The number of fused-ring (bicyclic) bond motifs is 2. The molecule has 2 heterocycles. The first-order chi connectivity index (χ1) is 38.1. The molecule has 0 amide bonds. The van der Waals surface area contributed by atoms with Crippen LogP contribution in [0.3, 0.4) is 0 Å². The zero-order chi connectivity index (χ0) is 61.1. The number of hydrogen-bond acceptors (Lipinski definition) is 17. The number of nitrogens with one attached hydrogen (secondary N) is 2. The molecule has 2 aromatic carbocycles. The van der Waals surface area contributed by atoms with Gasteiger partial charge in [0.05, 0.1) is 82.3 Å². The van der Waals surface area contributed by atoms with E-state index < -0.39 is 103 Å². The predicted octanol–water partition coefficient (Wildman–Crippen LogP) is 7.80. The van der Waals surface area contributed by atoms with Gasteiger partial charge in [-0.3, -0.25) is 9.68 Å². The van der Waals surface area contributed by atoms with Gasteiger partial charge in [-0.25, -0.2) is 0 Å². The number of aldehydes is 1. The number of nitriles is 2. The van der Waals surface area contributed by atoms with Crippen LogP contribution in [0.1, 0.15) is 143 Å². The molecule has 463 valence electrons. The number of alkyl halides is 2. The topological polar surface area (TPSA) is 243 Å². The Balaban J connectivity index is 0.000000776. The average Bonchev–Trinajstić information content (AvgIpc) is 3.71. The number of aliphatic hydroxyl groups excluding tert-OH is 4. The summed E-state index contributed by atoms with van der Waals surface area (Å²) in [7, 11) is -12.1. The van der Waals surface area contributed by atoms with Crippen molar-refractivity contribution in [2.45, 2.75) is 245 Å². The van der Waals surface area contributed by atoms with Gasteiger partial charge in [-0.15, -0.1) is 0 Å². The first-order valence-corrected chi connectivity index (χ1v) is 38.8. The van der Waals surface area contributed by atoms with Crippen LogP contribution in [0.15, 0.2) is 60.7 Å². The van der Waals surface area contributed by atoms with Crippen LogP contribution in [0.25, 0.3) is 0 Å². The number of halogens is 2. The van der Waals surface area contributed by atoms with E-state index in [1.54, 1.807) is 6.92 Å². The van der Waals surface area contributed by atoms with Crippen molar-refractivity contribution in [3.8, 4) is 12.1 Å². The molecular formula is C58H99BBr2N4NaO13Si4. The molecule has 2 saturated carbocycles. The maximum Gasteiger partial charge on any atom is 1.00 e. The molecule has 2 aliphatic carbocycles. The Morgan fingerprint density at radius 2 is 0.880 bits per heavy atom. The summed E-state index contributed by atoms with van der Waals surface area (Å²) in [6.07, 6.45) is -4.50. The minimum Gasteiger partial charge on any atom is -1.00 e. The third-order valence-corrected chi connectivity index (χ3v) is 39.6. The van der Waals surface area contributed by atoms with Gasteiger partial charge in [0, 0.05) is 28.0 Å². The zero-order valence-corrected chi connectivity index (χ0v) is 61.8. The van der Waals surface area contributed by atoms with Crippen molar-refractivity contribution in [2.75, 3.05) is 13.2 Å². The van der Waals surface area contributed by atoms with Gasteiger partial charge in [0.1, 0.15) is 18.5 Å². The molecule has 0 aromatic heterocycles. The smallest absolute Gasteiger partial charge is 1.00 e. The second kappa shape index (κ2) is 34.0. The quantitative estimate of drug-likeness (QED) is 0.0321. The number of carbonyl (C=O) groups excluding carboxylic acids is 1. The van der Waals surface area contributed by atoms with Crippen molar-refractivity contribution in [1.82, 2.24) is 11.0 Å². The van der Waals surface area contributed by atoms with Crippen LogP contribution in [0.4, 0.5) is 0 Å². The SMILES string of the molecule is CC(C)[Si]1(C(C)C)OC2C(O)C(Br)C(C#N)C(CC=O)(NOCc3ccccc3)C2O[Si](C(C)C)(C(C)C)O1.CC(C)[Si]1(C(C)C)OC2C(O)C(Br)C(C#N)C(CCO)(NOCc3ccccc3)C2O[Si](C(C)C)(C(C)C)O1.CCO.[B].[H-].[Na+]. The fourth-order valence-corrected chi connectivity index (χ4v) is 37.0. The van der Waals surface area contributed by atoms with Crippen LogP contribution in [-0.2, 0) is 53.6 Å². The summed E-state index contributed by atoms with van der Waals surface area (Å²) >= 11 is 7.26. The third-order valence-electron chi connectivity index (χ3n) is 16.9. The number of carbonyl (C=O) groups is 1. The average molecular weight is 1370 g/mol. The van der Waals surface area contributed by atoms with Gasteiger partial charge >= 0.3 is 63.8 Å². The molecule has 0 spiro atoms. The fraction of sp³-hybridized carbons (Fsp3) is 0.741. The van der Waals surface area contributed by atoms with Crippen molar-refractivity contribution < 1.29 is 91.8 Å². The van der Waals surface area contributed by atoms with Crippen molar-refractivity contribution in [1.29, 1.82) is 10.5 Å². The zero-order valence-electron chi connectivity index (χ0n) is 53.7. The monoisotopic (exact) mass is 1360 g/mol. The summed E-state index contributed by atoms with van der Waals surface area (Å²) in [5.74, 6) is -1.66. The molecule has 4 aliphatic rings. The standard InChI is InChI=1S/C28H47BrN2O6Si2.C28H45BrN2O6Si2.C2H6O.B.Na.H/c2*1-18(2)38(19(3)4)35-26-25(33)24(29)23(16-30)28(14-15-32,31-34-17-22-12-10-9-11-13-22)27(26)36-39(37-38,20(5)6)21(7)8;1-2-3;;;/h9-13,18-21,23-27,31-33H,14-15,17H2,1-8H3;9-13,15,18-21,23-27,31,33H,14,17H2,1-8H3;3H,2H2,1H3;;;/q;;;;+1;-1. The molecule has 0 bridgehead atoms. The van der Waals surface area contributed by atoms with Gasteiger partial charge in [-0.05, 0) is 68.8 Å². The number of aliphatic hydroxyl groups is 4. The van der Waals surface area contributed by atoms with E-state index in [1.807, 2.05) is 60.7 Å². The van der Waals surface area contributed by atoms with Crippen LogP contribution in [0.5, 0.6) is 0 Å². The Morgan fingerprint density at radius 3 is 1.17 bits per heavy atom. The second-order valence-electron chi connectivity index (χ2n) is 24.6. The molecule has 2 aliphatic heterocycles. The van der Waals surface area contributed by atoms with Gasteiger partial charge in [0.15, 0.2) is 0 Å². The van der Waals surface area contributed by atoms with E-state index in [4.69, 9.17) is 40.7 Å². The number of rotatable bonds is 20. The van der Waals surface area contributed by atoms with Gasteiger partial charge in [-0.2, -0.15) is 21.5 Å². The minimum absolute atomic E-state index is 0. The number of benzene rings is 2. The van der Waals surface area contributed by atoms with Crippen molar-refractivity contribution >= 4 is 80.8 Å². The fourth-order valence-electron chi connectivity index (χ4n) is 12.6. The van der Waals surface area contributed by atoms with Gasteiger partial charge in [0.2, 0.25) is 0 Å². The summed E-state index contributed by atoms with van der Waals surface area (Å²) in [5.41, 5.74) is 6.33. The Bertz CT molecular complexity index is 2310. The summed E-state index contributed by atoms with van der Waals surface area (Å²) in [4.78, 5) is 23.1. The van der Waals surface area contributed by atoms with Crippen LogP contribution >= 0.6 is 31.9 Å². The minimum atomic E-state index is -3.08. The first kappa shape index (κ1) is 78.5. The molecule has 2 saturated heterocycles. The van der Waals surface area contributed by atoms with Crippen LogP contribution in [-0.4, -0.2) is 140 Å². The van der Waals surface area contributed by atoms with Crippen LogP contribution in [0.2, 0.25) is 44.3 Å². The molecule has 3 radical (unpaired) electrons. The molecule has 2 aromatic rings. The van der Waals surface area contributed by atoms with Crippen molar-refractivity contribution in [3.63, 3.8) is 0 Å². The van der Waals surface area contributed by atoms with Gasteiger partial charge in [-0.1, -0.05) is 203 Å². The van der Waals surface area contributed by atoms with Gasteiger partial charge < -0.3 is 52.6 Å². The van der Waals surface area contributed by atoms with E-state index in [-0.39, 0.29) is 123 Å². The third kappa shape index (κ3) is 16.3. The van der Waals surface area contributed by atoms with Crippen molar-refractivity contribution in [2.24, 2.45) is 11.8 Å². The molecule has 4 fully saturated rings. The number of nitrogens with zero attached hydrogens (tertiary/aromatic N) is 2. The number of hydroxylamine groups is 2. The van der Waals surface area contributed by atoms with Gasteiger partial charge in [0.25, 0.3) is 0 Å². The second-order valence-corrected chi connectivity index (χ2v) is 44.3. The summed E-state index contributed by atoms with van der Waals surface area (Å²) in [5, 5.41) is 62.2. The Hall–Kier alpha value is -0.578. The predicted molar refractivity (Wildman–Crippen MR) is 337 cm³/mol. The molecule has 17 nitrogen and oxygen atoms in total. The van der Waals surface area contributed by atoms with Crippen molar-refractivity contribution in [3.05, 3.63) is 71.8 Å². The maximum atomic E-state index is 12.3. The molecule has 83 heavy (non-hydrogen) atoms. The van der Waals surface area contributed by atoms with E-state index in [0.717, 1.165) is 17.4 Å². The summed E-state index contributed by atoms with van der Waals surface area (Å²) < 4.78 is 43.2. The molecule has 25 heteroatoms. The maximum absolute atomic E-state index is 12.3. The Morgan fingerprint density at radius 1 is 0.590 bits per heavy atom. The molecular weight excluding hydrogens is 1270 g/mol. The normalized spacial score (nSPS) is 30.5. The Kier molecular flexibility index (Phi) is 32.2. The van der Waals surface area contributed by atoms with Crippen LogP contribution < -0.4 is 40.5 Å². The molecule has 6 rings (SSSR count). The van der Waals surface area contributed by atoms with E-state index in [2.05, 4.69) is 166 Å².